The molecule has 2 unspecified atom stereocenters. The van der Waals surface area contributed by atoms with Crippen LogP contribution in [0, 0.1) is 11.8 Å². The summed E-state index contributed by atoms with van der Waals surface area (Å²) in [7, 11) is 0. The Bertz CT molecular complexity index is 160. The maximum Gasteiger partial charge on any atom is 0.122 e. The van der Waals surface area contributed by atoms with Crippen LogP contribution in [0.25, 0.3) is 0 Å². The summed E-state index contributed by atoms with van der Waals surface area (Å²) in [6, 6.07) is 0. The lowest BCUT2D eigenvalue weighted by atomic mass is 9.95. The standard InChI is InChI=1S/C7H10FN/c1-5-3-9-4-7(8)6(5)2/h3-6H,1-2H3. The highest BCUT2D eigenvalue weighted by molar-refractivity contribution is 5.63. The largest absolute Gasteiger partial charge is 0.266 e. The van der Waals surface area contributed by atoms with Gasteiger partial charge in [0.25, 0.3) is 0 Å². The Labute approximate surface area is 54.3 Å². The van der Waals surface area contributed by atoms with E-state index >= 15 is 0 Å². The molecule has 9 heavy (non-hydrogen) atoms. The number of rotatable bonds is 0. The van der Waals surface area contributed by atoms with Gasteiger partial charge in [-0.1, -0.05) is 13.8 Å². The molecule has 50 valence electrons. The molecule has 0 aromatic carbocycles. The minimum Gasteiger partial charge on any atom is -0.266 e. The molecule has 0 aromatic heterocycles. The normalized spacial score (nSPS) is 34.3. The van der Waals surface area contributed by atoms with Gasteiger partial charge in [0.2, 0.25) is 0 Å². The SMILES string of the molecule is CC1C=NC=C(F)C1C. The second-order valence-corrected chi connectivity index (χ2v) is 2.46. The summed E-state index contributed by atoms with van der Waals surface area (Å²) in [5.41, 5.74) is 0. The van der Waals surface area contributed by atoms with Crippen molar-refractivity contribution in [2.45, 2.75) is 13.8 Å². The molecule has 0 saturated heterocycles. The van der Waals surface area contributed by atoms with E-state index in [1.54, 1.807) is 6.21 Å². The number of nitrogens with zero attached hydrogens (tertiary/aromatic N) is 1. The van der Waals surface area contributed by atoms with Gasteiger partial charge in [0.15, 0.2) is 0 Å². The maximum atomic E-state index is 12.6. The summed E-state index contributed by atoms with van der Waals surface area (Å²) in [6.07, 6.45) is 3.05. The molecule has 0 aliphatic carbocycles. The quantitative estimate of drug-likeness (QED) is 0.472. The zero-order valence-electron chi connectivity index (χ0n) is 5.63. The third kappa shape index (κ3) is 1.18. The molecule has 1 aliphatic rings. The summed E-state index contributed by atoms with van der Waals surface area (Å²) < 4.78 is 12.6. The lowest BCUT2D eigenvalue weighted by Crippen LogP contribution is -2.12. The number of allylic oxidation sites excluding steroid dienone is 1. The fourth-order valence-corrected chi connectivity index (χ4v) is 0.748. The lowest BCUT2D eigenvalue weighted by Gasteiger charge is -2.15. The van der Waals surface area contributed by atoms with Crippen LogP contribution in [0.4, 0.5) is 4.39 Å². The molecule has 2 heteroatoms. The molecule has 0 bridgehead atoms. The number of hydrogen-bond donors (Lipinski definition) is 0. The molecule has 0 aromatic rings. The summed E-state index contributed by atoms with van der Waals surface area (Å²) in [6.45, 7) is 3.82. The van der Waals surface area contributed by atoms with E-state index in [4.69, 9.17) is 0 Å². The summed E-state index contributed by atoms with van der Waals surface area (Å²) in [5.74, 6) is 0.155. The number of halogens is 1. The van der Waals surface area contributed by atoms with Crippen LogP contribution in [-0.2, 0) is 0 Å². The highest BCUT2D eigenvalue weighted by Crippen LogP contribution is 2.22. The van der Waals surface area contributed by atoms with Crippen molar-refractivity contribution in [1.82, 2.24) is 0 Å². The minimum absolute atomic E-state index is 0.0162. The van der Waals surface area contributed by atoms with Gasteiger partial charge in [-0.05, 0) is 0 Å². The van der Waals surface area contributed by atoms with Gasteiger partial charge in [-0.3, -0.25) is 4.99 Å². The Kier molecular flexibility index (Phi) is 1.65. The summed E-state index contributed by atoms with van der Waals surface area (Å²) in [5, 5.41) is 0. The molecule has 0 radical (unpaired) electrons. The van der Waals surface area contributed by atoms with Crippen molar-refractivity contribution in [3.8, 4) is 0 Å². The van der Waals surface area contributed by atoms with Gasteiger partial charge in [-0.2, -0.15) is 0 Å². The van der Waals surface area contributed by atoms with Crippen LogP contribution in [0.15, 0.2) is 17.0 Å². The Morgan fingerprint density at radius 2 is 2.22 bits per heavy atom. The van der Waals surface area contributed by atoms with E-state index in [9.17, 15) is 4.39 Å². The third-order valence-electron chi connectivity index (χ3n) is 1.74. The monoisotopic (exact) mass is 127 g/mol. The van der Waals surface area contributed by atoms with Gasteiger partial charge in [0.05, 0.1) is 6.20 Å². The van der Waals surface area contributed by atoms with Crippen LogP contribution < -0.4 is 0 Å². The first-order chi connectivity index (χ1) is 4.22. The summed E-state index contributed by atoms with van der Waals surface area (Å²) in [4.78, 5) is 3.73. The number of hydrogen-bond acceptors (Lipinski definition) is 1. The Morgan fingerprint density at radius 3 is 2.67 bits per heavy atom. The molecule has 1 rings (SSSR count). The lowest BCUT2D eigenvalue weighted by molar-refractivity contribution is 0.434. The molecule has 0 spiro atoms. The zero-order chi connectivity index (χ0) is 6.85. The van der Waals surface area contributed by atoms with E-state index in [1.807, 2.05) is 13.8 Å². The van der Waals surface area contributed by atoms with E-state index in [0.717, 1.165) is 0 Å². The molecule has 1 nitrogen and oxygen atoms in total. The third-order valence-corrected chi connectivity index (χ3v) is 1.74. The van der Waals surface area contributed by atoms with Gasteiger partial charge in [-0.25, -0.2) is 4.39 Å². The van der Waals surface area contributed by atoms with Crippen molar-refractivity contribution in [3.05, 3.63) is 12.0 Å². The van der Waals surface area contributed by atoms with Crippen LogP contribution >= 0.6 is 0 Å². The molecule has 0 amide bonds. The van der Waals surface area contributed by atoms with Gasteiger partial charge < -0.3 is 0 Å². The summed E-state index contributed by atoms with van der Waals surface area (Å²) >= 11 is 0. The highest BCUT2D eigenvalue weighted by atomic mass is 19.1. The molecule has 0 fully saturated rings. The topological polar surface area (TPSA) is 12.4 Å². The first kappa shape index (κ1) is 6.46. The van der Waals surface area contributed by atoms with E-state index in [1.165, 1.54) is 6.20 Å². The smallest absolute Gasteiger partial charge is 0.122 e. The molecular weight excluding hydrogens is 117 g/mol. The second kappa shape index (κ2) is 2.29. The average molecular weight is 127 g/mol. The predicted octanol–water partition coefficient (Wildman–Crippen LogP) is 2.15. The maximum absolute atomic E-state index is 12.6. The van der Waals surface area contributed by atoms with Crippen LogP contribution in [0.5, 0.6) is 0 Å². The van der Waals surface area contributed by atoms with Gasteiger partial charge >= 0.3 is 0 Å². The van der Waals surface area contributed by atoms with Crippen LogP contribution in [0.2, 0.25) is 0 Å². The van der Waals surface area contributed by atoms with Crippen molar-refractivity contribution in [2.75, 3.05) is 0 Å². The molecular formula is C7H10FN. The van der Waals surface area contributed by atoms with E-state index < -0.39 is 0 Å². The van der Waals surface area contributed by atoms with Gasteiger partial charge in [-0.15, -0.1) is 0 Å². The van der Waals surface area contributed by atoms with Crippen molar-refractivity contribution < 1.29 is 4.39 Å². The first-order valence-corrected chi connectivity index (χ1v) is 3.10. The molecule has 0 saturated carbocycles. The van der Waals surface area contributed by atoms with Crippen LogP contribution in [0.1, 0.15) is 13.8 Å². The second-order valence-electron chi connectivity index (χ2n) is 2.46. The molecule has 1 aliphatic heterocycles. The van der Waals surface area contributed by atoms with Gasteiger partial charge in [0, 0.05) is 18.1 Å². The minimum atomic E-state index is -0.106. The van der Waals surface area contributed by atoms with Gasteiger partial charge in [0.1, 0.15) is 5.83 Å². The Hall–Kier alpha value is -0.660. The fraction of sp³-hybridized carbons (Fsp3) is 0.571. The Balaban J connectivity index is 2.73. The molecule has 2 atom stereocenters. The van der Waals surface area contributed by atoms with E-state index in [0.29, 0.717) is 0 Å². The highest BCUT2D eigenvalue weighted by Gasteiger charge is 2.17. The van der Waals surface area contributed by atoms with Crippen molar-refractivity contribution in [3.63, 3.8) is 0 Å². The first-order valence-electron chi connectivity index (χ1n) is 3.10. The Morgan fingerprint density at radius 1 is 1.56 bits per heavy atom. The van der Waals surface area contributed by atoms with Crippen LogP contribution in [0.3, 0.4) is 0 Å². The van der Waals surface area contributed by atoms with Crippen molar-refractivity contribution in [1.29, 1.82) is 0 Å². The molecule has 0 N–H and O–H groups in total. The van der Waals surface area contributed by atoms with Crippen molar-refractivity contribution in [2.24, 2.45) is 16.8 Å². The molecule has 1 heterocycles. The number of aliphatic imine (C=N–C) groups is 1. The predicted molar refractivity (Wildman–Crippen MR) is 36.0 cm³/mol. The van der Waals surface area contributed by atoms with E-state index in [-0.39, 0.29) is 17.7 Å². The fourth-order valence-electron chi connectivity index (χ4n) is 0.748. The van der Waals surface area contributed by atoms with E-state index in [2.05, 4.69) is 4.99 Å². The van der Waals surface area contributed by atoms with Crippen molar-refractivity contribution >= 4 is 6.21 Å². The average Bonchev–Trinajstić information content (AvgIpc) is 1.83. The van der Waals surface area contributed by atoms with Crippen LogP contribution in [-0.4, -0.2) is 6.21 Å². The zero-order valence-corrected chi connectivity index (χ0v) is 5.63.